The van der Waals surface area contributed by atoms with Gasteiger partial charge in [-0.05, 0) is 36.4 Å². The number of nitrogens with one attached hydrogen (secondary N) is 1. The summed E-state index contributed by atoms with van der Waals surface area (Å²) in [5.41, 5.74) is 8.12. The van der Waals surface area contributed by atoms with Crippen LogP contribution >= 0.6 is 21.0 Å². The van der Waals surface area contributed by atoms with Gasteiger partial charge in [-0.1, -0.05) is 29.7 Å². The molecule has 5 nitrogen and oxygen atoms in total. The van der Waals surface area contributed by atoms with Crippen LogP contribution in [0.15, 0.2) is 88.6 Å². The first kappa shape index (κ1) is 15.4. The van der Waals surface area contributed by atoms with E-state index < -0.39 is 21.0 Å². The van der Waals surface area contributed by atoms with Crippen molar-refractivity contribution in [3.8, 4) is 0 Å². The number of halogens is 1. The quantitative estimate of drug-likeness (QED) is 0.325. The third-order valence-electron chi connectivity index (χ3n) is 2.80. The molecule has 1 aliphatic rings. The van der Waals surface area contributed by atoms with Crippen molar-refractivity contribution in [2.75, 3.05) is 5.32 Å². The number of benzene rings is 2. The van der Waals surface area contributed by atoms with Gasteiger partial charge in [-0.2, -0.15) is 5.11 Å². The summed E-state index contributed by atoms with van der Waals surface area (Å²) in [4.78, 5) is 0. The summed E-state index contributed by atoms with van der Waals surface area (Å²) in [6.07, 6.45) is 2.98. The summed E-state index contributed by atoms with van der Waals surface area (Å²) in [6.45, 7) is 0. The van der Waals surface area contributed by atoms with Crippen LogP contribution in [0.25, 0.3) is 0 Å². The Morgan fingerprint density at radius 3 is 2.43 bits per heavy atom. The maximum Gasteiger partial charge on any atom is 0.142 e. The Kier molecular flexibility index (Phi) is 5.13. The monoisotopic (exact) mass is 415 g/mol. The Balaban J connectivity index is 1.68. The first-order valence-electron chi connectivity index (χ1n) is 6.79. The Morgan fingerprint density at radius 1 is 0.913 bits per heavy atom. The summed E-state index contributed by atoms with van der Waals surface area (Å²) in [7, 11) is 0. The molecule has 0 bridgehead atoms. The van der Waals surface area contributed by atoms with E-state index in [-0.39, 0.29) is 0 Å². The fraction of sp³-hybridized carbons (Fsp3) is 0. The van der Waals surface area contributed by atoms with Crippen molar-refractivity contribution in [2.45, 2.75) is 0 Å². The van der Waals surface area contributed by atoms with Crippen LogP contribution < -0.4 is 5.32 Å². The molecule has 0 spiro atoms. The molecule has 114 valence electrons. The Labute approximate surface area is 144 Å². The lowest BCUT2D eigenvalue weighted by Crippen LogP contribution is -1.91. The minimum absolute atomic E-state index is 0.645. The van der Waals surface area contributed by atoms with Crippen LogP contribution in [0.1, 0.15) is 0 Å². The summed E-state index contributed by atoms with van der Waals surface area (Å²) in [6, 6.07) is 17.6. The molecule has 0 fully saturated rings. The molecule has 1 heterocycles. The van der Waals surface area contributed by atoms with Crippen LogP contribution in [0.2, 0.25) is 0 Å². The van der Waals surface area contributed by atoms with Gasteiger partial charge in [-0.25, -0.2) is 0 Å². The number of hydrogen-bond acceptors (Lipinski definition) is 5. The second kappa shape index (κ2) is 7.67. The maximum absolute atomic E-state index is 11.4. The van der Waals surface area contributed by atoms with Crippen molar-refractivity contribution < 1.29 is 0 Å². The molecule has 0 radical (unpaired) electrons. The van der Waals surface area contributed by atoms with Gasteiger partial charge < -0.3 is 13.8 Å². The molecule has 0 aliphatic carbocycles. The van der Waals surface area contributed by atoms with E-state index in [4.69, 9.17) is 0 Å². The van der Waals surface area contributed by atoms with Crippen LogP contribution in [0, 0.1) is 5.21 Å². The molecule has 2 aromatic rings. The van der Waals surface area contributed by atoms with E-state index in [9.17, 15) is 5.21 Å². The smallest absolute Gasteiger partial charge is 0.142 e. The first-order valence-corrected chi connectivity index (χ1v) is 8.84. The van der Waals surface area contributed by atoms with Gasteiger partial charge in [0.15, 0.2) is 0 Å². The summed E-state index contributed by atoms with van der Waals surface area (Å²) >= 11 is -0.895. The van der Waals surface area contributed by atoms with Gasteiger partial charge in [-0.3, -0.25) is 0 Å². The van der Waals surface area contributed by atoms with E-state index in [0.29, 0.717) is 3.63 Å². The largest absolute Gasteiger partial charge is 0.750 e. The highest BCUT2D eigenvalue weighted by molar-refractivity contribution is 14.2. The number of nitrogens with zero attached hydrogens (tertiary/aromatic N) is 3. The van der Waals surface area contributed by atoms with Gasteiger partial charge in [0.2, 0.25) is 0 Å². The van der Waals surface area contributed by atoms with Crippen LogP contribution in [0.4, 0.5) is 17.1 Å². The van der Waals surface area contributed by atoms with E-state index >= 15 is 0 Å². The van der Waals surface area contributed by atoms with Gasteiger partial charge in [0.25, 0.3) is 0 Å². The lowest BCUT2D eigenvalue weighted by molar-refractivity contribution is 0.930. The minimum Gasteiger partial charge on any atom is -0.750 e. The molecule has 1 aliphatic heterocycles. The summed E-state index contributed by atoms with van der Waals surface area (Å²) in [5, 5.41) is 23.0. The highest BCUT2D eigenvalue weighted by Gasteiger charge is 1.96. The zero-order valence-electron chi connectivity index (χ0n) is 12.0. The molecule has 3 rings (SSSR count). The zero-order chi connectivity index (χ0) is 15.9. The van der Waals surface area contributed by atoms with E-state index in [2.05, 4.69) is 27.0 Å². The highest BCUT2D eigenvalue weighted by atomic mass is 127. The van der Waals surface area contributed by atoms with Gasteiger partial charge in [-0.15, -0.1) is 5.11 Å². The van der Waals surface area contributed by atoms with Crippen LogP contribution in [0.3, 0.4) is 0 Å². The first-order chi connectivity index (χ1) is 11.3. The Morgan fingerprint density at radius 2 is 1.65 bits per heavy atom. The van der Waals surface area contributed by atoms with Gasteiger partial charge in [0, 0.05) is 44.7 Å². The van der Waals surface area contributed by atoms with E-state index in [1.807, 2.05) is 54.6 Å². The maximum atomic E-state index is 11.4. The molecule has 23 heavy (non-hydrogen) atoms. The molecule has 0 aromatic heterocycles. The lowest BCUT2D eigenvalue weighted by atomic mass is 10.2. The molecule has 0 saturated carbocycles. The minimum atomic E-state index is -0.895. The Bertz CT molecular complexity index is 831. The number of para-hydroxylation sites is 1. The van der Waals surface area contributed by atoms with Gasteiger partial charge in [0.1, 0.15) is 3.63 Å². The average Bonchev–Trinajstić information content (AvgIpc) is 2.79. The number of rotatable bonds is 4. The van der Waals surface area contributed by atoms with E-state index in [0.717, 1.165) is 20.3 Å². The highest BCUT2D eigenvalue weighted by Crippen LogP contribution is 2.21. The zero-order valence-corrected chi connectivity index (χ0v) is 14.1. The fourth-order valence-electron chi connectivity index (χ4n) is 1.77. The van der Waals surface area contributed by atoms with Gasteiger partial charge in [0.05, 0.1) is 5.69 Å². The lowest BCUT2D eigenvalue weighted by Gasteiger charge is -2.16. The predicted molar refractivity (Wildman–Crippen MR) is 101 cm³/mol. The number of hydroxylamine groups is 1. The SMILES string of the molecule is [O-]N1C=C=C=CC(N=Nc2ccc(Nc3ccccc3)cc2)=I1. The molecular weight excluding hydrogens is 403 g/mol. The molecule has 0 amide bonds. The van der Waals surface area contributed by atoms with Crippen molar-refractivity contribution in [1.29, 1.82) is 0 Å². The average molecular weight is 415 g/mol. The second-order valence-electron chi connectivity index (χ2n) is 4.48. The third-order valence-corrected chi connectivity index (χ3v) is 4.58. The number of anilines is 2. The van der Waals surface area contributed by atoms with Crippen LogP contribution in [-0.2, 0) is 0 Å². The fourth-order valence-corrected chi connectivity index (χ4v) is 3.04. The number of hydrogen-bond donors (Lipinski definition) is 1. The summed E-state index contributed by atoms with van der Waals surface area (Å²) < 4.78 is 1.49. The van der Waals surface area contributed by atoms with Crippen molar-refractivity contribution in [3.05, 3.63) is 83.5 Å². The molecule has 0 saturated heterocycles. The predicted octanol–water partition coefficient (Wildman–Crippen LogP) is 5.17. The van der Waals surface area contributed by atoms with E-state index in [1.165, 1.54) is 6.20 Å². The normalized spacial score (nSPS) is 13.6. The topological polar surface area (TPSA) is 63.0 Å². The van der Waals surface area contributed by atoms with Crippen molar-refractivity contribution in [1.82, 2.24) is 3.28 Å². The molecule has 1 N–H and O–H groups in total. The second-order valence-corrected chi connectivity index (χ2v) is 7.02. The number of azo groups is 1. The molecule has 2 aromatic carbocycles. The standard InChI is InChI=1S/C17H12IN4O/c23-22-13-5-4-8-17(18-22)21-20-16-11-9-15(10-12-16)19-14-6-2-1-3-7-14/h1-3,6-13,19H/q-1. The van der Waals surface area contributed by atoms with E-state index in [1.54, 1.807) is 6.08 Å². The molecular formula is C17H12IN4O-. The molecule has 0 unspecified atom stereocenters. The van der Waals surface area contributed by atoms with Crippen molar-refractivity contribution in [3.63, 3.8) is 0 Å². The van der Waals surface area contributed by atoms with Crippen molar-refractivity contribution in [2.24, 2.45) is 10.2 Å². The van der Waals surface area contributed by atoms with Crippen molar-refractivity contribution >= 4 is 41.7 Å². The van der Waals surface area contributed by atoms with Crippen LogP contribution in [-0.4, -0.2) is 6.91 Å². The third kappa shape index (κ3) is 4.74. The van der Waals surface area contributed by atoms with Crippen LogP contribution in [0.5, 0.6) is 0 Å². The molecule has 6 heteroatoms. The molecule has 0 atom stereocenters. The Hall–Kier alpha value is -2.50. The van der Waals surface area contributed by atoms with Gasteiger partial charge >= 0.3 is 0 Å². The summed E-state index contributed by atoms with van der Waals surface area (Å²) in [5.74, 6) is 0.